The lowest BCUT2D eigenvalue weighted by Gasteiger charge is -2.21. The van der Waals surface area contributed by atoms with E-state index in [4.69, 9.17) is 0 Å². The summed E-state index contributed by atoms with van der Waals surface area (Å²) >= 11 is 0. The van der Waals surface area contributed by atoms with E-state index in [1.165, 1.54) is 0 Å². The minimum atomic E-state index is -0.387. The van der Waals surface area contributed by atoms with Crippen molar-refractivity contribution in [1.29, 1.82) is 0 Å². The molecule has 3 N–H and O–H groups in total. The maximum absolute atomic E-state index is 12.5. The predicted molar refractivity (Wildman–Crippen MR) is 110 cm³/mol. The Morgan fingerprint density at radius 1 is 0.815 bits per heavy atom. The molecule has 0 aromatic heterocycles. The molecule has 0 aliphatic carbocycles. The molecule has 0 saturated carbocycles. The fourth-order valence-electron chi connectivity index (χ4n) is 2.44. The Morgan fingerprint density at radius 2 is 1.26 bits per heavy atom. The van der Waals surface area contributed by atoms with Gasteiger partial charge in [-0.1, -0.05) is 26.7 Å². The number of carbonyl (C=O) groups excluding carboxylic acids is 3. The second kappa shape index (κ2) is 10.7. The lowest BCUT2D eigenvalue weighted by atomic mass is 10.1. The van der Waals surface area contributed by atoms with Gasteiger partial charge in [0.1, 0.15) is 0 Å². The third-order valence-electron chi connectivity index (χ3n) is 3.77. The summed E-state index contributed by atoms with van der Waals surface area (Å²) < 4.78 is 0. The first-order valence-corrected chi connectivity index (χ1v) is 9.72. The molecule has 1 aromatic carbocycles. The minimum Gasteiger partial charge on any atom is -0.347 e. The Bertz CT molecular complexity index is 623. The topological polar surface area (TPSA) is 87.3 Å². The molecule has 3 amide bonds. The van der Waals surface area contributed by atoms with Gasteiger partial charge >= 0.3 is 0 Å². The molecule has 0 radical (unpaired) electrons. The van der Waals surface area contributed by atoms with Crippen molar-refractivity contribution in [2.24, 2.45) is 0 Å². The van der Waals surface area contributed by atoms with E-state index in [1.807, 2.05) is 34.6 Å². The van der Waals surface area contributed by atoms with Gasteiger partial charge in [0.2, 0.25) is 11.8 Å². The molecule has 6 heteroatoms. The molecule has 0 fully saturated rings. The van der Waals surface area contributed by atoms with E-state index in [0.29, 0.717) is 29.8 Å². The van der Waals surface area contributed by atoms with Crippen LogP contribution >= 0.6 is 0 Å². The molecular weight excluding hydrogens is 342 g/mol. The van der Waals surface area contributed by atoms with E-state index in [9.17, 15) is 14.4 Å². The molecule has 0 unspecified atom stereocenters. The van der Waals surface area contributed by atoms with Crippen molar-refractivity contribution in [3.8, 4) is 0 Å². The average molecular weight is 376 g/mol. The number of nitrogens with one attached hydrogen (secondary N) is 3. The zero-order valence-corrected chi connectivity index (χ0v) is 17.2. The molecule has 0 bridgehead atoms. The number of hydrogen-bond acceptors (Lipinski definition) is 3. The van der Waals surface area contributed by atoms with Gasteiger partial charge in [0.05, 0.1) is 0 Å². The van der Waals surface area contributed by atoms with Crippen molar-refractivity contribution in [3.05, 3.63) is 23.8 Å². The second-order valence-corrected chi connectivity index (χ2v) is 7.81. The fourth-order valence-corrected chi connectivity index (χ4v) is 2.44. The van der Waals surface area contributed by atoms with Gasteiger partial charge in [-0.2, -0.15) is 0 Å². The molecule has 6 nitrogen and oxygen atoms in total. The lowest BCUT2D eigenvalue weighted by molar-refractivity contribution is -0.117. The van der Waals surface area contributed by atoms with Crippen molar-refractivity contribution in [1.82, 2.24) is 5.32 Å². The number of anilines is 2. The van der Waals surface area contributed by atoms with E-state index in [0.717, 1.165) is 25.7 Å². The van der Waals surface area contributed by atoms with Crippen molar-refractivity contribution in [2.75, 3.05) is 10.6 Å². The highest BCUT2D eigenvalue weighted by molar-refractivity contribution is 6.00. The first-order chi connectivity index (χ1) is 12.6. The molecule has 150 valence electrons. The van der Waals surface area contributed by atoms with Crippen LogP contribution in [0.15, 0.2) is 18.2 Å². The van der Waals surface area contributed by atoms with Crippen LogP contribution in [0.1, 0.15) is 83.5 Å². The van der Waals surface area contributed by atoms with Crippen molar-refractivity contribution < 1.29 is 14.4 Å². The molecule has 1 aromatic rings. The van der Waals surface area contributed by atoms with E-state index in [2.05, 4.69) is 16.0 Å². The maximum atomic E-state index is 12.5. The van der Waals surface area contributed by atoms with Gasteiger partial charge in [0.15, 0.2) is 0 Å². The highest BCUT2D eigenvalue weighted by Crippen LogP contribution is 2.21. The summed E-state index contributed by atoms with van der Waals surface area (Å²) in [5, 5.41) is 8.54. The zero-order valence-electron chi connectivity index (χ0n) is 17.2. The van der Waals surface area contributed by atoms with Gasteiger partial charge in [0, 0.05) is 35.3 Å². The summed E-state index contributed by atoms with van der Waals surface area (Å²) in [6.45, 7) is 9.74. The molecule has 27 heavy (non-hydrogen) atoms. The standard InChI is InChI=1S/C21H33N3O3/c1-6-8-10-18(25)22-16-12-15(20(27)24-21(3,4)5)13-17(14-16)23-19(26)11-9-7-2/h12-14H,6-11H2,1-5H3,(H,22,25)(H,23,26)(H,24,27). The van der Waals surface area contributed by atoms with Crippen LogP contribution in [0.5, 0.6) is 0 Å². The van der Waals surface area contributed by atoms with Crippen LogP contribution in [-0.2, 0) is 9.59 Å². The van der Waals surface area contributed by atoms with Gasteiger partial charge in [-0.3, -0.25) is 14.4 Å². The maximum Gasteiger partial charge on any atom is 0.251 e. The third-order valence-corrected chi connectivity index (χ3v) is 3.77. The quantitative estimate of drug-likeness (QED) is 0.595. The summed E-state index contributed by atoms with van der Waals surface area (Å²) in [5.41, 5.74) is 1.01. The Labute approximate surface area is 162 Å². The summed E-state index contributed by atoms with van der Waals surface area (Å²) in [6.07, 6.45) is 4.31. The minimum absolute atomic E-state index is 0.103. The fraction of sp³-hybridized carbons (Fsp3) is 0.571. The number of amides is 3. The summed E-state index contributed by atoms with van der Waals surface area (Å²) in [5.74, 6) is -0.460. The van der Waals surface area contributed by atoms with Crippen LogP contribution in [0.4, 0.5) is 11.4 Å². The summed E-state index contributed by atoms with van der Waals surface area (Å²) in [6, 6.07) is 4.95. The molecule has 0 atom stereocenters. The molecular formula is C21H33N3O3. The van der Waals surface area contributed by atoms with Gasteiger partial charge in [0.25, 0.3) is 5.91 Å². The highest BCUT2D eigenvalue weighted by Gasteiger charge is 2.17. The van der Waals surface area contributed by atoms with E-state index in [-0.39, 0.29) is 23.3 Å². The Morgan fingerprint density at radius 3 is 1.63 bits per heavy atom. The molecule has 0 spiro atoms. The van der Waals surface area contributed by atoms with Crippen molar-refractivity contribution in [3.63, 3.8) is 0 Å². The smallest absolute Gasteiger partial charge is 0.251 e. The monoisotopic (exact) mass is 375 g/mol. The average Bonchev–Trinajstić information content (AvgIpc) is 2.56. The number of unbranched alkanes of at least 4 members (excludes halogenated alkanes) is 2. The molecule has 0 aliphatic rings. The lowest BCUT2D eigenvalue weighted by Crippen LogP contribution is -2.40. The zero-order chi connectivity index (χ0) is 20.4. The molecule has 0 aliphatic heterocycles. The largest absolute Gasteiger partial charge is 0.347 e. The summed E-state index contributed by atoms with van der Waals surface area (Å²) in [7, 11) is 0. The number of benzene rings is 1. The highest BCUT2D eigenvalue weighted by atomic mass is 16.2. The Kier molecular flexibility index (Phi) is 8.98. The van der Waals surface area contributed by atoms with Gasteiger partial charge in [-0.25, -0.2) is 0 Å². The number of rotatable bonds is 9. The van der Waals surface area contributed by atoms with Crippen LogP contribution in [-0.4, -0.2) is 23.3 Å². The van der Waals surface area contributed by atoms with Gasteiger partial charge < -0.3 is 16.0 Å². The third kappa shape index (κ3) is 9.22. The normalized spacial score (nSPS) is 11.0. The van der Waals surface area contributed by atoms with E-state index < -0.39 is 0 Å². The van der Waals surface area contributed by atoms with Gasteiger partial charge in [-0.15, -0.1) is 0 Å². The second-order valence-electron chi connectivity index (χ2n) is 7.81. The van der Waals surface area contributed by atoms with Crippen molar-refractivity contribution in [2.45, 2.75) is 78.7 Å². The predicted octanol–water partition coefficient (Wildman–Crippen LogP) is 4.47. The van der Waals surface area contributed by atoms with Gasteiger partial charge in [-0.05, 0) is 51.8 Å². The number of carbonyl (C=O) groups is 3. The van der Waals surface area contributed by atoms with Crippen LogP contribution in [0.2, 0.25) is 0 Å². The Hall–Kier alpha value is -2.37. The molecule has 1 rings (SSSR count). The van der Waals surface area contributed by atoms with Crippen LogP contribution in [0.3, 0.4) is 0 Å². The first kappa shape index (κ1) is 22.7. The summed E-state index contributed by atoms with van der Waals surface area (Å²) in [4.78, 5) is 36.7. The van der Waals surface area contributed by atoms with Crippen LogP contribution in [0.25, 0.3) is 0 Å². The van der Waals surface area contributed by atoms with Crippen LogP contribution in [0, 0.1) is 0 Å². The SMILES string of the molecule is CCCCC(=O)Nc1cc(NC(=O)CCCC)cc(C(=O)NC(C)(C)C)c1. The first-order valence-electron chi connectivity index (χ1n) is 9.72. The van der Waals surface area contributed by atoms with Crippen LogP contribution < -0.4 is 16.0 Å². The molecule has 0 heterocycles. The van der Waals surface area contributed by atoms with E-state index >= 15 is 0 Å². The van der Waals surface area contributed by atoms with E-state index in [1.54, 1.807) is 18.2 Å². The number of hydrogen-bond donors (Lipinski definition) is 3. The van der Waals surface area contributed by atoms with Crippen molar-refractivity contribution >= 4 is 29.1 Å². The molecule has 0 saturated heterocycles. The Balaban J connectivity index is 3.04.